The summed E-state index contributed by atoms with van der Waals surface area (Å²) in [4.78, 5) is 34.3. The standard InChI is InChI=1S/C15H21N3O4/c1-15(2,9-3-5-10(16)6-4-9)14(22)18-11(13(20)21)7-8-12(17)19/h3-6,11H,7-8,16H2,1-2H3,(H2,17,19)(H,18,22)(H,20,21). The lowest BCUT2D eigenvalue weighted by atomic mass is 9.83. The molecule has 0 saturated carbocycles. The Kier molecular flexibility index (Phi) is 5.50. The number of hydrogen-bond acceptors (Lipinski definition) is 4. The first-order chi connectivity index (χ1) is 10.1. The Morgan fingerprint density at radius 1 is 1.23 bits per heavy atom. The highest BCUT2D eigenvalue weighted by molar-refractivity contribution is 5.91. The van der Waals surface area contributed by atoms with E-state index in [0.29, 0.717) is 11.3 Å². The zero-order valence-corrected chi connectivity index (χ0v) is 12.6. The van der Waals surface area contributed by atoms with Gasteiger partial charge in [0.05, 0.1) is 5.41 Å². The summed E-state index contributed by atoms with van der Waals surface area (Å²) in [5.41, 5.74) is 11.0. The molecule has 0 aliphatic heterocycles. The van der Waals surface area contributed by atoms with Crippen LogP contribution in [0.15, 0.2) is 24.3 Å². The Hall–Kier alpha value is -2.57. The van der Waals surface area contributed by atoms with Crippen LogP contribution in [0.4, 0.5) is 5.69 Å². The third-order valence-electron chi connectivity index (χ3n) is 3.48. The average molecular weight is 307 g/mol. The molecule has 1 aromatic rings. The summed E-state index contributed by atoms with van der Waals surface area (Å²) in [5, 5.41) is 11.6. The maximum atomic E-state index is 12.4. The van der Waals surface area contributed by atoms with Gasteiger partial charge >= 0.3 is 5.97 Å². The zero-order chi connectivity index (χ0) is 16.9. The molecule has 0 aromatic heterocycles. The minimum Gasteiger partial charge on any atom is -0.480 e. The summed E-state index contributed by atoms with van der Waals surface area (Å²) in [6, 6.07) is 5.62. The lowest BCUT2D eigenvalue weighted by Gasteiger charge is -2.26. The number of hydrogen-bond donors (Lipinski definition) is 4. The number of primary amides is 1. The minimum atomic E-state index is -1.21. The number of amides is 2. The third-order valence-corrected chi connectivity index (χ3v) is 3.48. The highest BCUT2D eigenvalue weighted by Crippen LogP contribution is 2.24. The van der Waals surface area contributed by atoms with Crippen molar-refractivity contribution < 1.29 is 19.5 Å². The summed E-state index contributed by atoms with van der Waals surface area (Å²) in [6.07, 6.45) is -0.159. The van der Waals surface area contributed by atoms with E-state index < -0.39 is 29.2 Å². The molecule has 0 aliphatic carbocycles. The van der Waals surface area contributed by atoms with Crippen molar-refractivity contribution in [1.29, 1.82) is 0 Å². The van der Waals surface area contributed by atoms with E-state index in [1.807, 2.05) is 0 Å². The van der Waals surface area contributed by atoms with Crippen LogP contribution in [0.1, 0.15) is 32.3 Å². The minimum absolute atomic E-state index is 0.0474. The van der Waals surface area contributed by atoms with Gasteiger partial charge in [0, 0.05) is 12.1 Å². The first kappa shape index (κ1) is 17.5. The van der Waals surface area contributed by atoms with Gasteiger partial charge in [-0.1, -0.05) is 12.1 Å². The smallest absolute Gasteiger partial charge is 0.326 e. The van der Waals surface area contributed by atoms with Crippen LogP contribution in [0, 0.1) is 0 Å². The quantitative estimate of drug-likeness (QED) is 0.540. The summed E-state index contributed by atoms with van der Waals surface area (Å²) in [6.45, 7) is 3.36. The van der Waals surface area contributed by atoms with Gasteiger partial charge in [0.15, 0.2) is 0 Å². The van der Waals surface area contributed by atoms with Crippen molar-refractivity contribution in [3.63, 3.8) is 0 Å². The van der Waals surface area contributed by atoms with Gasteiger partial charge in [-0.3, -0.25) is 9.59 Å². The molecule has 1 atom stereocenters. The second kappa shape index (κ2) is 6.93. The SMILES string of the molecule is CC(C)(C(=O)NC(CCC(N)=O)C(=O)O)c1ccc(N)cc1. The van der Waals surface area contributed by atoms with Crippen molar-refractivity contribution in [3.8, 4) is 0 Å². The van der Waals surface area contributed by atoms with E-state index in [9.17, 15) is 14.4 Å². The predicted octanol–water partition coefficient (Wildman–Crippen LogP) is 0.381. The number of anilines is 1. The Morgan fingerprint density at radius 3 is 2.23 bits per heavy atom. The van der Waals surface area contributed by atoms with Gasteiger partial charge < -0.3 is 21.9 Å². The molecule has 0 saturated heterocycles. The molecule has 0 bridgehead atoms. The van der Waals surface area contributed by atoms with E-state index in [1.165, 1.54) is 0 Å². The molecular formula is C15H21N3O4. The number of carboxylic acids is 1. The van der Waals surface area contributed by atoms with Gasteiger partial charge in [-0.2, -0.15) is 0 Å². The monoisotopic (exact) mass is 307 g/mol. The Morgan fingerprint density at radius 2 is 1.77 bits per heavy atom. The van der Waals surface area contributed by atoms with Gasteiger partial charge in [0.25, 0.3) is 0 Å². The number of carboxylic acid groups (broad SMARTS) is 1. The zero-order valence-electron chi connectivity index (χ0n) is 12.6. The fourth-order valence-corrected chi connectivity index (χ4v) is 1.91. The van der Waals surface area contributed by atoms with Crippen LogP contribution in [0.2, 0.25) is 0 Å². The average Bonchev–Trinajstić information content (AvgIpc) is 2.42. The Balaban J connectivity index is 2.85. The number of benzene rings is 1. The Labute approximate surface area is 128 Å². The van der Waals surface area contributed by atoms with E-state index in [1.54, 1.807) is 38.1 Å². The van der Waals surface area contributed by atoms with Crippen LogP contribution in [0.25, 0.3) is 0 Å². The van der Waals surface area contributed by atoms with Gasteiger partial charge in [-0.25, -0.2) is 4.79 Å². The maximum absolute atomic E-state index is 12.4. The largest absolute Gasteiger partial charge is 0.480 e. The van der Waals surface area contributed by atoms with Crippen LogP contribution in [-0.2, 0) is 19.8 Å². The first-order valence-electron chi connectivity index (χ1n) is 6.82. The van der Waals surface area contributed by atoms with Crippen LogP contribution in [0.5, 0.6) is 0 Å². The molecule has 22 heavy (non-hydrogen) atoms. The number of aliphatic carboxylic acids is 1. The number of nitrogen functional groups attached to an aromatic ring is 1. The number of rotatable bonds is 7. The predicted molar refractivity (Wildman–Crippen MR) is 81.9 cm³/mol. The van der Waals surface area contributed by atoms with Gasteiger partial charge in [0.2, 0.25) is 11.8 Å². The molecule has 0 radical (unpaired) electrons. The van der Waals surface area contributed by atoms with Gasteiger partial charge in [-0.15, -0.1) is 0 Å². The fraction of sp³-hybridized carbons (Fsp3) is 0.400. The lowest BCUT2D eigenvalue weighted by molar-refractivity contribution is -0.143. The molecule has 7 heteroatoms. The molecule has 1 rings (SSSR count). The highest BCUT2D eigenvalue weighted by atomic mass is 16.4. The second-order valence-corrected chi connectivity index (χ2v) is 5.62. The van der Waals surface area contributed by atoms with Crippen LogP contribution >= 0.6 is 0 Å². The number of nitrogens with two attached hydrogens (primary N) is 2. The van der Waals surface area contributed by atoms with E-state index >= 15 is 0 Å². The van der Waals surface area contributed by atoms with Crippen molar-refractivity contribution in [2.24, 2.45) is 5.73 Å². The molecular weight excluding hydrogens is 286 g/mol. The van der Waals surface area contributed by atoms with Crippen molar-refractivity contribution in [2.75, 3.05) is 5.73 Å². The Bertz CT molecular complexity index is 567. The molecule has 1 unspecified atom stereocenters. The second-order valence-electron chi connectivity index (χ2n) is 5.62. The topological polar surface area (TPSA) is 136 Å². The third kappa shape index (κ3) is 4.47. The first-order valence-corrected chi connectivity index (χ1v) is 6.82. The summed E-state index contributed by atoms with van der Waals surface area (Å²) in [7, 11) is 0. The normalized spacial score (nSPS) is 12.5. The molecule has 1 aromatic carbocycles. The van der Waals surface area contributed by atoms with E-state index in [2.05, 4.69) is 5.32 Å². The summed E-state index contributed by atoms with van der Waals surface area (Å²) >= 11 is 0. The van der Waals surface area contributed by atoms with E-state index in [4.69, 9.17) is 16.6 Å². The lowest BCUT2D eigenvalue weighted by Crippen LogP contribution is -2.48. The van der Waals surface area contributed by atoms with Gasteiger partial charge in [-0.05, 0) is 38.0 Å². The van der Waals surface area contributed by atoms with Crippen LogP contribution in [0.3, 0.4) is 0 Å². The van der Waals surface area contributed by atoms with Gasteiger partial charge in [0.1, 0.15) is 6.04 Å². The van der Waals surface area contributed by atoms with Crippen molar-refractivity contribution in [3.05, 3.63) is 29.8 Å². The van der Waals surface area contributed by atoms with E-state index in [0.717, 1.165) is 0 Å². The molecule has 0 aliphatic rings. The van der Waals surface area contributed by atoms with Crippen molar-refractivity contribution in [2.45, 2.75) is 38.1 Å². The van der Waals surface area contributed by atoms with E-state index in [-0.39, 0.29) is 12.8 Å². The van der Waals surface area contributed by atoms with Crippen molar-refractivity contribution >= 4 is 23.5 Å². The molecule has 0 fully saturated rings. The maximum Gasteiger partial charge on any atom is 0.326 e. The van der Waals surface area contributed by atoms with Crippen LogP contribution in [-0.4, -0.2) is 28.9 Å². The molecule has 0 spiro atoms. The molecule has 7 nitrogen and oxygen atoms in total. The highest BCUT2D eigenvalue weighted by Gasteiger charge is 2.32. The molecule has 6 N–H and O–H groups in total. The fourth-order valence-electron chi connectivity index (χ4n) is 1.91. The molecule has 2 amide bonds. The number of nitrogens with one attached hydrogen (secondary N) is 1. The number of carbonyl (C=O) groups excluding carboxylic acids is 2. The number of carbonyl (C=O) groups is 3. The molecule has 120 valence electrons. The molecule has 0 heterocycles. The van der Waals surface area contributed by atoms with Crippen molar-refractivity contribution in [1.82, 2.24) is 5.32 Å². The van der Waals surface area contributed by atoms with Crippen LogP contribution < -0.4 is 16.8 Å². The summed E-state index contributed by atoms with van der Waals surface area (Å²) < 4.78 is 0. The summed E-state index contributed by atoms with van der Waals surface area (Å²) in [5.74, 6) is -2.27.